The molecule has 0 spiro atoms. The van der Waals surface area contributed by atoms with Crippen molar-refractivity contribution in [3.8, 4) is 5.75 Å². The van der Waals surface area contributed by atoms with E-state index in [0.29, 0.717) is 5.56 Å². The van der Waals surface area contributed by atoms with Crippen LogP contribution in [-0.2, 0) is 9.47 Å². The average molecular weight is 296 g/mol. The molecule has 0 aromatic heterocycles. The van der Waals surface area contributed by atoms with Gasteiger partial charge in [0.25, 0.3) is 0 Å². The molecule has 0 saturated carbocycles. The minimum absolute atomic E-state index is 0.00500. The maximum absolute atomic E-state index is 12.4. The van der Waals surface area contributed by atoms with Crippen molar-refractivity contribution in [3.63, 3.8) is 0 Å². The van der Waals surface area contributed by atoms with Crippen molar-refractivity contribution in [2.24, 2.45) is 0 Å². The van der Waals surface area contributed by atoms with Gasteiger partial charge in [0.1, 0.15) is 30.2 Å². The van der Waals surface area contributed by atoms with Crippen molar-refractivity contribution in [1.29, 1.82) is 0 Å². The number of benzene rings is 2. The van der Waals surface area contributed by atoms with Crippen LogP contribution in [0, 0.1) is 0 Å². The summed E-state index contributed by atoms with van der Waals surface area (Å²) in [6.07, 6.45) is -0.457. The molecule has 2 aromatic rings. The fraction of sp³-hybridized carbons (Fsp3) is 0.278. The second-order valence-electron chi connectivity index (χ2n) is 5.55. The Morgan fingerprint density at radius 2 is 1.68 bits per heavy atom. The average Bonchev–Trinajstić information content (AvgIpc) is 3.47. The predicted octanol–water partition coefficient (Wildman–Crippen LogP) is 2.79. The van der Waals surface area contributed by atoms with Gasteiger partial charge in [-0.3, -0.25) is 4.79 Å². The van der Waals surface area contributed by atoms with Crippen LogP contribution in [0.5, 0.6) is 5.75 Å². The molecule has 0 bridgehead atoms. The Bertz CT molecular complexity index is 680. The number of carbonyl (C=O) groups excluding carboxylic acids is 1. The van der Waals surface area contributed by atoms with E-state index in [1.165, 1.54) is 0 Å². The third-order valence-corrected chi connectivity index (χ3v) is 4.14. The Morgan fingerprint density at radius 3 is 2.36 bits per heavy atom. The zero-order valence-electron chi connectivity index (χ0n) is 12.1. The summed E-state index contributed by atoms with van der Waals surface area (Å²) >= 11 is 0. The number of rotatable bonds is 5. The highest BCUT2D eigenvalue weighted by Crippen LogP contribution is 2.48. The first kappa shape index (κ1) is 13.5. The molecule has 4 nitrogen and oxygen atoms in total. The molecule has 112 valence electrons. The molecule has 22 heavy (non-hydrogen) atoms. The van der Waals surface area contributed by atoms with E-state index in [4.69, 9.17) is 14.2 Å². The normalized spacial score (nSPS) is 29.0. The van der Waals surface area contributed by atoms with Crippen molar-refractivity contribution < 1.29 is 19.0 Å². The van der Waals surface area contributed by atoms with E-state index in [1.54, 1.807) is 31.4 Å². The molecule has 2 aromatic carbocycles. The Labute approximate surface area is 128 Å². The number of ether oxygens (including phenoxy) is 3. The van der Waals surface area contributed by atoms with Gasteiger partial charge in [-0.25, -0.2) is 0 Å². The molecule has 0 amide bonds. The first-order chi connectivity index (χ1) is 10.8. The van der Waals surface area contributed by atoms with Crippen LogP contribution in [0.25, 0.3) is 0 Å². The fourth-order valence-electron chi connectivity index (χ4n) is 2.79. The van der Waals surface area contributed by atoms with Gasteiger partial charge in [0.05, 0.1) is 7.11 Å². The van der Waals surface area contributed by atoms with Crippen LogP contribution in [0.3, 0.4) is 0 Å². The highest BCUT2D eigenvalue weighted by Gasteiger charge is 2.60. The number of Topliss-reactive ketones (excluding diaryl/α,β-unsaturated/α-hetero) is 1. The number of methoxy groups -OCH3 is 1. The zero-order chi connectivity index (χ0) is 15.1. The molecule has 4 atom stereocenters. The predicted molar refractivity (Wildman–Crippen MR) is 80.0 cm³/mol. The summed E-state index contributed by atoms with van der Waals surface area (Å²) in [6, 6.07) is 17.1. The maximum atomic E-state index is 12.4. The van der Waals surface area contributed by atoms with Crippen LogP contribution >= 0.6 is 0 Å². The second kappa shape index (κ2) is 5.23. The number of hydrogen-bond acceptors (Lipinski definition) is 4. The van der Waals surface area contributed by atoms with E-state index in [2.05, 4.69) is 0 Å². The minimum Gasteiger partial charge on any atom is -0.497 e. The van der Waals surface area contributed by atoms with Crippen LogP contribution < -0.4 is 4.74 Å². The first-order valence-electron chi connectivity index (χ1n) is 7.32. The number of ketones is 1. The largest absolute Gasteiger partial charge is 0.497 e. The van der Waals surface area contributed by atoms with Crippen LogP contribution in [0.4, 0.5) is 0 Å². The highest BCUT2D eigenvalue weighted by molar-refractivity contribution is 6.01. The smallest absolute Gasteiger partial charge is 0.194 e. The lowest BCUT2D eigenvalue weighted by molar-refractivity contribution is 0.0953. The van der Waals surface area contributed by atoms with Crippen molar-refractivity contribution in [2.75, 3.05) is 7.11 Å². The second-order valence-corrected chi connectivity index (χ2v) is 5.55. The van der Waals surface area contributed by atoms with Gasteiger partial charge < -0.3 is 14.2 Å². The SMILES string of the molecule is COc1ccc(C(=O)[C@H]2O[C@@H]2[C@H]2O[C@@H]2c2ccccc2)cc1. The van der Waals surface area contributed by atoms with Gasteiger partial charge in [0, 0.05) is 5.56 Å². The summed E-state index contributed by atoms with van der Waals surface area (Å²) in [4.78, 5) is 12.4. The summed E-state index contributed by atoms with van der Waals surface area (Å²) in [7, 11) is 1.60. The molecule has 2 saturated heterocycles. The number of epoxide rings is 2. The molecule has 2 fully saturated rings. The van der Waals surface area contributed by atoms with E-state index in [0.717, 1.165) is 11.3 Å². The van der Waals surface area contributed by atoms with Gasteiger partial charge in [0.2, 0.25) is 0 Å². The van der Waals surface area contributed by atoms with E-state index < -0.39 is 0 Å². The van der Waals surface area contributed by atoms with Gasteiger partial charge in [0.15, 0.2) is 5.78 Å². The zero-order valence-corrected chi connectivity index (χ0v) is 12.1. The molecule has 0 radical (unpaired) electrons. The van der Waals surface area contributed by atoms with Crippen molar-refractivity contribution >= 4 is 5.78 Å². The van der Waals surface area contributed by atoms with Crippen molar-refractivity contribution in [3.05, 3.63) is 65.7 Å². The lowest BCUT2D eigenvalue weighted by Crippen LogP contribution is -2.13. The summed E-state index contributed by atoms with van der Waals surface area (Å²) in [5.74, 6) is 0.745. The molecule has 0 aliphatic carbocycles. The monoisotopic (exact) mass is 296 g/mol. The quantitative estimate of drug-likeness (QED) is 0.629. The van der Waals surface area contributed by atoms with Gasteiger partial charge >= 0.3 is 0 Å². The molecule has 4 heteroatoms. The summed E-state index contributed by atoms with van der Waals surface area (Å²) in [5.41, 5.74) is 1.78. The molecule has 4 rings (SSSR count). The molecule has 0 unspecified atom stereocenters. The summed E-state index contributed by atoms with van der Waals surface area (Å²) in [5, 5.41) is 0. The Morgan fingerprint density at radius 1 is 0.955 bits per heavy atom. The Kier molecular flexibility index (Phi) is 3.21. The molecular weight excluding hydrogens is 280 g/mol. The maximum Gasteiger partial charge on any atom is 0.194 e. The van der Waals surface area contributed by atoms with Crippen LogP contribution in [0.2, 0.25) is 0 Å². The van der Waals surface area contributed by atoms with Gasteiger partial charge in [-0.2, -0.15) is 0 Å². The molecule has 2 aliphatic rings. The van der Waals surface area contributed by atoms with E-state index in [9.17, 15) is 4.79 Å². The fourth-order valence-corrected chi connectivity index (χ4v) is 2.79. The van der Waals surface area contributed by atoms with Gasteiger partial charge in [-0.1, -0.05) is 30.3 Å². The van der Waals surface area contributed by atoms with E-state index in [1.807, 2.05) is 30.3 Å². The van der Waals surface area contributed by atoms with E-state index >= 15 is 0 Å². The third-order valence-electron chi connectivity index (χ3n) is 4.14. The van der Waals surface area contributed by atoms with E-state index in [-0.39, 0.29) is 30.2 Å². The summed E-state index contributed by atoms with van der Waals surface area (Å²) < 4.78 is 16.3. The third kappa shape index (κ3) is 2.40. The lowest BCUT2D eigenvalue weighted by Gasteiger charge is -2.00. The van der Waals surface area contributed by atoms with Crippen LogP contribution in [-0.4, -0.2) is 31.2 Å². The number of hydrogen-bond donors (Lipinski definition) is 0. The van der Waals surface area contributed by atoms with Gasteiger partial charge in [-0.15, -0.1) is 0 Å². The standard InChI is InChI=1S/C18H16O4/c1-20-13-9-7-11(8-10-13)14(19)16-18(22-16)17-15(21-17)12-5-3-2-4-6-12/h2-10,15-18H,1H3/t15-,16-,17+,18+/m1/s1. The number of carbonyl (C=O) groups is 1. The lowest BCUT2D eigenvalue weighted by atomic mass is 10.0. The first-order valence-corrected chi connectivity index (χ1v) is 7.32. The minimum atomic E-state index is -0.382. The van der Waals surface area contributed by atoms with Crippen LogP contribution in [0.1, 0.15) is 22.0 Å². The summed E-state index contributed by atoms with van der Waals surface area (Å²) in [6.45, 7) is 0. The van der Waals surface area contributed by atoms with Crippen LogP contribution in [0.15, 0.2) is 54.6 Å². The van der Waals surface area contributed by atoms with Crippen molar-refractivity contribution in [1.82, 2.24) is 0 Å². The topological polar surface area (TPSA) is 51.4 Å². The molecule has 2 heterocycles. The Hall–Kier alpha value is -2.17. The van der Waals surface area contributed by atoms with Gasteiger partial charge in [-0.05, 0) is 29.8 Å². The highest BCUT2D eigenvalue weighted by atomic mass is 16.7. The molecule has 0 N–H and O–H groups in total. The molecule has 2 aliphatic heterocycles. The van der Waals surface area contributed by atoms with Crippen molar-refractivity contribution in [2.45, 2.75) is 24.4 Å². The molecular formula is C18H16O4. The Balaban J connectivity index is 1.39.